The van der Waals surface area contributed by atoms with Gasteiger partial charge in [0.15, 0.2) is 0 Å². The average Bonchev–Trinajstić information content (AvgIpc) is 3.52. The zero-order valence-electron chi connectivity index (χ0n) is 16.6. The molecule has 3 aromatic rings. The number of benzene rings is 1. The number of nitrogens with one attached hydrogen (secondary N) is 3. The fraction of sp³-hybridized carbons (Fsp3) is 0.286. The van der Waals surface area contributed by atoms with Gasteiger partial charge in [0.25, 0.3) is 17.4 Å². The van der Waals surface area contributed by atoms with Gasteiger partial charge in [0.2, 0.25) is 0 Å². The monoisotopic (exact) mass is 407 g/mol. The molecule has 1 saturated carbocycles. The summed E-state index contributed by atoms with van der Waals surface area (Å²) >= 11 is 0. The molecule has 0 radical (unpaired) electrons. The summed E-state index contributed by atoms with van der Waals surface area (Å²) in [4.78, 5) is 56.1. The summed E-state index contributed by atoms with van der Waals surface area (Å²) in [6.45, 7) is 3.69. The number of pyridine rings is 1. The van der Waals surface area contributed by atoms with E-state index in [1.54, 1.807) is 24.3 Å². The smallest absolute Gasteiger partial charge is 0.330 e. The molecule has 0 atom stereocenters. The fourth-order valence-electron chi connectivity index (χ4n) is 3.26. The number of amides is 2. The third-order valence-corrected chi connectivity index (χ3v) is 4.79. The number of fused-ring (bicyclic) bond motifs is 1. The van der Waals surface area contributed by atoms with Crippen LogP contribution in [0.3, 0.4) is 0 Å². The Bertz CT molecular complexity index is 1270. The van der Waals surface area contributed by atoms with E-state index in [1.807, 2.05) is 13.8 Å². The molecule has 4 rings (SSSR count). The summed E-state index contributed by atoms with van der Waals surface area (Å²) < 4.78 is 1.46. The van der Waals surface area contributed by atoms with E-state index in [1.165, 1.54) is 16.8 Å². The lowest BCUT2D eigenvalue weighted by molar-refractivity contribution is 0.0944. The maximum Gasteiger partial charge on any atom is 0.330 e. The largest absolute Gasteiger partial charge is 0.350 e. The van der Waals surface area contributed by atoms with E-state index >= 15 is 0 Å². The highest BCUT2D eigenvalue weighted by atomic mass is 16.2. The molecule has 0 aliphatic heterocycles. The Hall–Kier alpha value is -3.75. The van der Waals surface area contributed by atoms with Crippen molar-refractivity contribution in [1.29, 1.82) is 0 Å². The van der Waals surface area contributed by atoms with Crippen LogP contribution in [0.4, 0.5) is 5.69 Å². The quantitative estimate of drug-likeness (QED) is 0.595. The molecule has 2 amide bonds. The lowest BCUT2D eigenvalue weighted by Crippen LogP contribution is -2.31. The van der Waals surface area contributed by atoms with Crippen molar-refractivity contribution in [1.82, 2.24) is 19.9 Å². The normalized spacial score (nSPS) is 13.4. The minimum Gasteiger partial charge on any atom is -0.350 e. The predicted octanol–water partition coefficient (Wildman–Crippen LogP) is 1.81. The molecule has 1 fully saturated rings. The predicted molar refractivity (Wildman–Crippen MR) is 112 cm³/mol. The number of rotatable bonds is 5. The molecule has 2 heterocycles. The van der Waals surface area contributed by atoms with Crippen LogP contribution >= 0.6 is 0 Å². The number of aromatic nitrogens is 3. The van der Waals surface area contributed by atoms with Crippen LogP contribution < -0.4 is 21.9 Å². The molecule has 3 N–H and O–H groups in total. The number of anilines is 1. The van der Waals surface area contributed by atoms with Crippen molar-refractivity contribution < 1.29 is 9.59 Å². The number of nitrogens with zero attached hydrogens (tertiary/aromatic N) is 2. The van der Waals surface area contributed by atoms with Gasteiger partial charge in [-0.05, 0) is 44.9 Å². The van der Waals surface area contributed by atoms with Gasteiger partial charge in [0, 0.05) is 18.3 Å². The lowest BCUT2D eigenvalue weighted by Gasteiger charge is -2.13. The molecule has 0 spiro atoms. The molecule has 30 heavy (non-hydrogen) atoms. The summed E-state index contributed by atoms with van der Waals surface area (Å²) in [5.74, 6) is -0.819. The Morgan fingerprint density at radius 1 is 1.17 bits per heavy atom. The number of carbonyl (C=O) groups is 2. The van der Waals surface area contributed by atoms with Crippen molar-refractivity contribution in [3.8, 4) is 0 Å². The second-order valence-electron chi connectivity index (χ2n) is 7.58. The van der Waals surface area contributed by atoms with Gasteiger partial charge in [-0.2, -0.15) is 0 Å². The van der Waals surface area contributed by atoms with Gasteiger partial charge >= 0.3 is 5.69 Å². The molecule has 0 unspecified atom stereocenters. The van der Waals surface area contributed by atoms with Crippen molar-refractivity contribution in [3.63, 3.8) is 0 Å². The molecule has 1 aliphatic carbocycles. The van der Waals surface area contributed by atoms with Crippen LogP contribution in [-0.2, 0) is 0 Å². The van der Waals surface area contributed by atoms with Gasteiger partial charge in [0.1, 0.15) is 5.65 Å². The number of aromatic amines is 1. The van der Waals surface area contributed by atoms with Crippen LogP contribution in [0.1, 0.15) is 53.4 Å². The van der Waals surface area contributed by atoms with Crippen LogP contribution in [-0.4, -0.2) is 32.4 Å². The molecule has 0 saturated heterocycles. The van der Waals surface area contributed by atoms with E-state index in [0.29, 0.717) is 11.3 Å². The summed E-state index contributed by atoms with van der Waals surface area (Å²) in [6, 6.07) is 8.03. The standard InChI is InChI=1S/C21H21N5O4/c1-11(2)23-19(28)14-5-3-4-6-16(14)24-18(27)12-9-15-17(22-10-12)26(13-7-8-13)21(30)25-20(15)29/h3-6,9-11,13H,7-8H2,1-2H3,(H,23,28)(H,24,27)(H,25,29,30). The topological polar surface area (TPSA) is 126 Å². The Morgan fingerprint density at radius 2 is 1.90 bits per heavy atom. The molecular formula is C21H21N5O4. The number of para-hydroxylation sites is 1. The highest BCUT2D eigenvalue weighted by molar-refractivity contribution is 6.09. The lowest BCUT2D eigenvalue weighted by atomic mass is 10.1. The van der Waals surface area contributed by atoms with Crippen LogP contribution in [0.5, 0.6) is 0 Å². The van der Waals surface area contributed by atoms with Crippen molar-refractivity contribution >= 4 is 28.5 Å². The fourth-order valence-corrected chi connectivity index (χ4v) is 3.26. The van der Waals surface area contributed by atoms with Crippen molar-refractivity contribution in [2.75, 3.05) is 5.32 Å². The SMILES string of the molecule is CC(C)NC(=O)c1ccccc1NC(=O)c1cnc2c(c1)c(=O)[nH]c(=O)n2C1CC1. The summed E-state index contributed by atoms with van der Waals surface area (Å²) in [7, 11) is 0. The van der Waals surface area contributed by atoms with Crippen molar-refractivity contribution in [2.24, 2.45) is 0 Å². The third-order valence-electron chi connectivity index (χ3n) is 4.79. The molecular weight excluding hydrogens is 386 g/mol. The molecule has 0 bridgehead atoms. The van der Waals surface area contributed by atoms with Gasteiger partial charge in [-0.3, -0.25) is 23.9 Å². The van der Waals surface area contributed by atoms with Crippen LogP contribution in [0.2, 0.25) is 0 Å². The molecule has 9 nitrogen and oxygen atoms in total. The minimum atomic E-state index is -0.592. The summed E-state index contributed by atoms with van der Waals surface area (Å²) in [6.07, 6.45) is 3.02. The second-order valence-corrected chi connectivity index (χ2v) is 7.58. The van der Waals surface area contributed by atoms with Gasteiger partial charge in [-0.25, -0.2) is 9.78 Å². The highest BCUT2D eigenvalue weighted by Crippen LogP contribution is 2.34. The highest BCUT2D eigenvalue weighted by Gasteiger charge is 2.28. The first-order valence-corrected chi connectivity index (χ1v) is 9.71. The average molecular weight is 407 g/mol. The summed E-state index contributed by atoms with van der Waals surface area (Å²) in [5.41, 5.74) is -0.00513. The second kappa shape index (κ2) is 7.58. The van der Waals surface area contributed by atoms with Gasteiger partial charge in [-0.1, -0.05) is 12.1 Å². The maximum absolute atomic E-state index is 12.8. The van der Waals surface area contributed by atoms with E-state index in [-0.39, 0.29) is 34.6 Å². The zero-order valence-corrected chi connectivity index (χ0v) is 16.6. The van der Waals surface area contributed by atoms with E-state index in [9.17, 15) is 19.2 Å². The first-order valence-electron chi connectivity index (χ1n) is 9.71. The number of carbonyl (C=O) groups excluding carboxylic acids is 2. The van der Waals surface area contributed by atoms with Crippen molar-refractivity contribution in [2.45, 2.75) is 38.8 Å². The van der Waals surface area contributed by atoms with Gasteiger partial charge in [0.05, 0.1) is 22.2 Å². The van der Waals surface area contributed by atoms with E-state index in [4.69, 9.17) is 0 Å². The van der Waals surface area contributed by atoms with E-state index in [0.717, 1.165) is 12.8 Å². The Balaban J connectivity index is 1.68. The molecule has 9 heteroatoms. The maximum atomic E-state index is 12.8. The van der Waals surface area contributed by atoms with Crippen LogP contribution in [0.25, 0.3) is 11.0 Å². The molecule has 2 aromatic heterocycles. The molecule has 1 aromatic carbocycles. The number of H-pyrrole nitrogens is 1. The Kier molecular flexibility index (Phi) is 4.94. The molecule has 1 aliphatic rings. The summed E-state index contributed by atoms with van der Waals surface area (Å²) in [5, 5.41) is 5.66. The van der Waals surface area contributed by atoms with E-state index in [2.05, 4.69) is 20.6 Å². The van der Waals surface area contributed by atoms with Crippen molar-refractivity contribution in [3.05, 3.63) is 68.5 Å². The Labute approximate surface area is 171 Å². The van der Waals surface area contributed by atoms with Gasteiger partial charge in [-0.15, -0.1) is 0 Å². The van der Waals surface area contributed by atoms with Crippen LogP contribution in [0.15, 0.2) is 46.1 Å². The first kappa shape index (κ1) is 19.6. The van der Waals surface area contributed by atoms with Crippen LogP contribution in [0, 0.1) is 0 Å². The zero-order chi connectivity index (χ0) is 21.4. The minimum absolute atomic E-state index is 0.0235. The third kappa shape index (κ3) is 3.73. The van der Waals surface area contributed by atoms with Gasteiger partial charge < -0.3 is 10.6 Å². The molecule has 154 valence electrons. The van der Waals surface area contributed by atoms with E-state index < -0.39 is 17.2 Å². The number of hydrogen-bond donors (Lipinski definition) is 3. The Morgan fingerprint density at radius 3 is 2.60 bits per heavy atom. The first-order chi connectivity index (χ1) is 14.3. The number of hydrogen-bond acceptors (Lipinski definition) is 5.